The van der Waals surface area contributed by atoms with E-state index in [0.717, 1.165) is 15.5 Å². The van der Waals surface area contributed by atoms with E-state index in [1.54, 1.807) is 23.1 Å². The summed E-state index contributed by atoms with van der Waals surface area (Å²) >= 11 is 3.55. The molecule has 2 nitrogen and oxygen atoms in total. The van der Waals surface area contributed by atoms with Gasteiger partial charge in [-0.25, -0.2) is 4.98 Å². The molecule has 4 heteroatoms. The van der Waals surface area contributed by atoms with Crippen LogP contribution in [0.4, 0.5) is 5.69 Å². The van der Waals surface area contributed by atoms with Crippen molar-refractivity contribution in [1.82, 2.24) is 4.98 Å². The number of rotatable bonds is 3. The SMILES string of the molecule is CC(Sc1nc2ccccc2s1)c1ccc(N)cc1. The van der Waals surface area contributed by atoms with Crippen LogP contribution >= 0.6 is 23.1 Å². The number of thiazole rings is 1. The average molecular weight is 286 g/mol. The molecule has 0 aliphatic rings. The summed E-state index contributed by atoms with van der Waals surface area (Å²) < 4.78 is 2.36. The van der Waals surface area contributed by atoms with Gasteiger partial charge in [0.1, 0.15) is 0 Å². The number of anilines is 1. The number of benzene rings is 2. The smallest absolute Gasteiger partial charge is 0.151 e. The number of fused-ring (bicyclic) bond motifs is 1. The minimum atomic E-state index is 0.376. The van der Waals surface area contributed by atoms with Crippen molar-refractivity contribution in [2.45, 2.75) is 16.5 Å². The van der Waals surface area contributed by atoms with Gasteiger partial charge in [-0.05, 0) is 36.8 Å². The third-order valence-corrected chi connectivity index (χ3v) is 5.25. The predicted molar refractivity (Wildman–Crippen MR) is 84.7 cm³/mol. The van der Waals surface area contributed by atoms with Crippen LogP contribution in [0.2, 0.25) is 0 Å². The number of para-hydroxylation sites is 1. The van der Waals surface area contributed by atoms with Crippen LogP contribution in [0, 0.1) is 0 Å². The second kappa shape index (κ2) is 5.23. The zero-order valence-electron chi connectivity index (χ0n) is 10.5. The second-order valence-corrected chi connectivity index (χ2v) is 6.99. The van der Waals surface area contributed by atoms with Gasteiger partial charge < -0.3 is 5.73 Å². The maximum absolute atomic E-state index is 5.71. The molecule has 0 aliphatic heterocycles. The number of nitrogen functional groups attached to an aromatic ring is 1. The van der Waals surface area contributed by atoms with Gasteiger partial charge in [-0.1, -0.05) is 36.0 Å². The highest BCUT2D eigenvalue weighted by Gasteiger charge is 2.11. The molecule has 19 heavy (non-hydrogen) atoms. The van der Waals surface area contributed by atoms with E-state index in [9.17, 15) is 0 Å². The molecule has 0 aliphatic carbocycles. The molecule has 3 aromatic rings. The molecule has 0 saturated carbocycles. The standard InChI is InChI=1S/C15H14N2S2/c1-10(11-6-8-12(16)9-7-11)18-15-17-13-4-2-3-5-14(13)19-15/h2-10H,16H2,1H3. The highest BCUT2D eigenvalue weighted by molar-refractivity contribution is 8.01. The van der Waals surface area contributed by atoms with Crippen LogP contribution in [0.15, 0.2) is 52.9 Å². The number of aromatic nitrogens is 1. The number of hydrogen-bond donors (Lipinski definition) is 1. The van der Waals surface area contributed by atoms with Gasteiger partial charge in [0, 0.05) is 10.9 Å². The number of hydrogen-bond acceptors (Lipinski definition) is 4. The van der Waals surface area contributed by atoms with Crippen molar-refractivity contribution in [1.29, 1.82) is 0 Å². The predicted octanol–water partition coefficient (Wildman–Crippen LogP) is 4.73. The Balaban J connectivity index is 1.82. The van der Waals surface area contributed by atoms with Crippen LogP contribution in [0.25, 0.3) is 10.2 Å². The van der Waals surface area contributed by atoms with Crippen LogP contribution < -0.4 is 5.73 Å². The van der Waals surface area contributed by atoms with Crippen LogP contribution in [0.3, 0.4) is 0 Å². The molecule has 1 heterocycles. The third kappa shape index (κ3) is 2.74. The molecule has 0 spiro atoms. The van der Waals surface area contributed by atoms with E-state index in [1.807, 2.05) is 18.2 Å². The average Bonchev–Trinajstić information content (AvgIpc) is 2.81. The lowest BCUT2D eigenvalue weighted by atomic mass is 10.1. The molecule has 0 saturated heterocycles. The van der Waals surface area contributed by atoms with E-state index in [0.29, 0.717) is 5.25 Å². The first-order valence-corrected chi connectivity index (χ1v) is 7.79. The van der Waals surface area contributed by atoms with Crippen LogP contribution in [-0.4, -0.2) is 4.98 Å². The Labute approximate surface area is 120 Å². The summed E-state index contributed by atoms with van der Waals surface area (Å²) in [5.74, 6) is 0. The highest BCUT2D eigenvalue weighted by Crippen LogP contribution is 2.38. The van der Waals surface area contributed by atoms with E-state index in [4.69, 9.17) is 5.73 Å². The lowest BCUT2D eigenvalue weighted by Gasteiger charge is -2.09. The summed E-state index contributed by atoms with van der Waals surface area (Å²) in [6.45, 7) is 2.20. The molecule has 0 bridgehead atoms. The molecular weight excluding hydrogens is 272 g/mol. The van der Waals surface area contributed by atoms with E-state index in [1.165, 1.54) is 10.3 Å². The zero-order chi connectivity index (χ0) is 13.2. The molecule has 3 rings (SSSR count). The molecule has 2 aromatic carbocycles. The molecule has 0 radical (unpaired) electrons. The lowest BCUT2D eigenvalue weighted by molar-refractivity contribution is 1.09. The Morgan fingerprint density at radius 1 is 1.11 bits per heavy atom. The summed E-state index contributed by atoms with van der Waals surface area (Å²) in [6.07, 6.45) is 0. The van der Waals surface area contributed by atoms with Crippen molar-refractivity contribution in [3.05, 3.63) is 54.1 Å². The Morgan fingerprint density at radius 3 is 2.58 bits per heavy atom. The largest absolute Gasteiger partial charge is 0.399 e. The summed E-state index contributed by atoms with van der Waals surface area (Å²) in [5.41, 5.74) is 8.88. The van der Waals surface area contributed by atoms with Crippen molar-refractivity contribution in [2.75, 3.05) is 5.73 Å². The normalized spacial score (nSPS) is 12.7. The van der Waals surface area contributed by atoms with Gasteiger partial charge in [-0.2, -0.15) is 0 Å². The minimum Gasteiger partial charge on any atom is -0.399 e. The van der Waals surface area contributed by atoms with Gasteiger partial charge in [0.15, 0.2) is 4.34 Å². The number of nitrogens with two attached hydrogens (primary N) is 1. The first kappa shape index (κ1) is 12.5. The van der Waals surface area contributed by atoms with E-state index < -0.39 is 0 Å². The number of nitrogens with zero attached hydrogens (tertiary/aromatic N) is 1. The summed E-state index contributed by atoms with van der Waals surface area (Å²) in [4.78, 5) is 4.65. The number of thioether (sulfide) groups is 1. The van der Waals surface area contributed by atoms with Crippen molar-refractivity contribution in [2.24, 2.45) is 0 Å². The van der Waals surface area contributed by atoms with E-state index in [-0.39, 0.29) is 0 Å². The molecule has 1 aromatic heterocycles. The summed E-state index contributed by atoms with van der Waals surface area (Å²) in [6, 6.07) is 16.3. The fraction of sp³-hybridized carbons (Fsp3) is 0.133. The van der Waals surface area contributed by atoms with Crippen molar-refractivity contribution in [3.63, 3.8) is 0 Å². The van der Waals surface area contributed by atoms with Crippen molar-refractivity contribution in [3.8, 4) is 0 Å². The maximum Gasteiger partial charge on any atom is 0.151 e. The highest BCUT2D eigenvalue weighted by atomic mass is 32.2. The van der Waals surface area contributed by atoms with Gasteiger partial charge in [-0.3, -0.25) is 0 Å². The van der Waals surface area contributed by atoms with Gasteiger partial charge in [0.2, 0.25) is 0 Å². The van der Waals surface area contributed by atoms with Gasteiger partial charge >= 0.3 is 0 Å². The fourth-order valence-corrected chi connectivity index (χ4v) is 4.23. The Kier molecular flexibility index (Phi) is 3.44. The molecular formula is C15H14N2S2. The Morgan fingerprint density at radius 2 is 1.84 bits per heavy atom. The van der Waals surface area contributed by atoms with E-state index in [2.05, 4.69) is 42.2 Å². The maximum atomic E-state index is 5.71. The topological polar surface area (TPSA) is 38.9 Å². The summed E-state index contributed by atoms with van der Waals surface area (Å²) in [7, 11) is 0. The Bertz CT molecular complexity index is 656. The van der Waals surface area contributed by atoms with E-state index >= 15 is 0 Å². The Hall–Kier alpha value is -1.52. The van der Waals surface area contributed by atoms with Crippen molar-refractivity contribution < 1.29 is 0 Å². The monoisotopic (exact) mass is 286 g/mol. The lowest BCUT2D eigenvalue weighted by Crippen LogP contribution is -1.89. The van der Waals surface area contributed by atoms with Crippen LogP contribution in [0.1, 0.15) is 17.7 Å². The van der Waals surface area contributed by atoms with Crippen molar-refractivity contribution >= 4 is 39.0 Å². The fourth-order valence-electron chi connectivity index (χ4n) is 1.89. The van der Waals surface area contributed by atoms with Gasteiger partial charge in [0.05, 0.1) is 10.2 Å². The van der Waals surface area contributed by atoms with Crippen LogP contribution in [0.5, 0.6) is 0 Å². The third-order valence-electron chi connectivity index (χ3n) is 2.96. The van der Waals surface area contributed by atoms with Gasteiger partial charge in [-0.15, -0.1) is 11.3 Å². The molecule has 96 valence electrons. The minimum absolute atomic E-state index is 0.376. The molecule has 1 atom stereocenters. The van der Waals surface area contributed by atoms with Gasteiger partial charge in [0.25, 0.3) is 0 Å². The first-order valence-electron chi connectivity index (χ1n) is 6.10. The quantitative estimate of drug-likeness (QED) is 0.558. The van der Waals surface area contributed by atoms with Crippen LogP contribution in [-0.2, 0) is 0 Å². The first-order chi connectivity index (χ1) is 9.22. The molecule has 0 amide bonds. The molecule has 0 fully saturated rings. The zero-order valence-corrected chi connectivity index (χ0v) is 12.2. The molecule has 1 unspecified atom stereocenters. The molecule has 2 N–H and O–H groups in total. The second-order valence-electron chi connectivity index (χ2n) is 4.37. The summed E-state index contributed by atoms with van der Waals surface area (Å²) in [5, 5.41) is 0.376.